The van der Waals surface area contributed by atoms with Crippen LogP contribution in [0.4, 0.5) is 0 Å². The Morgan fingerprint density at radius 1 is 1.48 bits per heavy atom. The molecule has 6 heteroatoms. The van der Waals surface area contributed by atoms with Crippen LogP contribution in [0, 0.1) is 13.8 Å². The zero-order valence-corrected chi connectivity index (χ0v) is 14.1. The molecule has 0 saturated carbocycles. The Morgan fingerprint density at radius 3 is 3.00 bits per heavy atom. The van der Waals surface area contributed by atoms with Gasteiger partial charge in [-0.25, -0.2) is 4.68 Å². The largest absolute Gasteiger partial charge is 0.376 e. The van der Waals surface area contributed by atoms with Gasteiger partial charge in [0.1, 0.15) is 0 Å². The van der Waals surface area contributed by atoms with Crippen molar-refractivity contribution in [3.63, 3.8) is 0 Å². The SMILES string of the molecule is Cc1nn(-c2cccc(Cl)c2)c(C)c1C(=O)NCC1CCCO1. The number of halogens is 1. The third-order valence-electron chi connectivity index (χ3n) is 4.09. The number of hydrogen-bond acceptors (Lipinski definition) is 3. The highest BCUT2D eigenvalue weighted by molar-refractivity contribution is 6.30. The van der Waals surface area contributed by atoms with E-state index in [-0.39, 0.29) is 12.0 Å². The summed E-state index contributed by atoms with van der Waals surface area (Å²) in [6, 6.07) is 7.42. The molecule has 1 aromatic carbocycles. The molecule has 1 unspecified atom stereocenters. The molecule has 1 saturated heterocycles. The standard InChI is InChI=1S/C17H20ClN3O2/c1-11-16(17(22)19-10-15-7-4-8-23-15)12(2)21(20-11)14-6-3-5-13(18)9-14/h3,5-6,9,15H,4,7-8,10H2,1-2H3,(H,19,22). The number of carbonyl (C=O) groups is 1. The van der Waals surface area contributed by atoms with Crippen LogP contribution in [0.1, 0.15) is 34.6 Å². The van der Waals surface area contributed by atoms with Gasteiger partial charge < -0.3 is 10.1 Å². The number of nitrogens with one attached hydrogen (secondary N) is 1. The molecule has 0 radical (unpaired) electrons. The van der Waals surface area contributed by atoms with E-state index in [1.165, 1.54) is 0 Å². The van der Waals surface area contributed by atoms with Gasteiger partial charge in [0, 0.05) is 18.2 Å². The topological polar surface area (TPSA) is 56.2 Å². The van der Waals surface area contributed by atoms with E-state index in [1.54, 1.807) is 4.68 Å². The van der Waals surface area contributed by atoms with E-state index in [2.05, 4.69) is 10.4 Å². The van der Waals surface area contributed by atoms with Crippen molar-refractivity contribution < 1.29 is 9.53 Å². The number of aryl methyl sites for hydroxylation is 1. The van der Waals surface area contributed by atoms with E-state index >= 15 is 0 Å². The summed E-state index contributed by atoms with van der Waals surface area (Å²) in [5.41, 5.74) is 2.96. The van der Waals surface area contributed by atoms with Crippen molar-refractivity contribution in [1.82, 2.24) is 15.1 Å². The van der Waals surface area contributed by atoms with Gasteiger partial charge in [0.2, 0.25) is 0 Å². The minimum Gasteiger partial charge on any atom is -0.376 e. The molecule has 1 aliphatic heterocycles. The zero-order chi connectivity index (χ0) is 16.4. The maximum atomic E-state index is 12.5. The Bertz CT molecular complexity index is 721. The number of carbonyl (C=O) groups excluding carboxylic acids is 1. The molecule has 5 nitrogen and oxygen atoms in total. The van der Waals surface area contributed by atoms with Crippen LogP contribution >= 0.6 is 11.6 Å². The summed E-state index contributed by atoms with van der Waals surface area (Å²) in [4.78, 5) is 12.5. The Labute approximate surface area is 140 Å². The highest BCUT2D eigenvalue weighted by Crippen LogP contribution is 2.20. The first kappa shape index (κ1) is 16.0. The van der Waals surface area contributed by atoms with Crippen LogP contribution in [0.3, 0.4) is 0 Å². The lowest BCUT2D eigenvalue weighted by molar-refractivity contribution is 0.0856. The molecule has 0 bridgehead atoms. The molecule has 1 N–H and O–H groups in total. The number of amides is 1. The normalized spacial score (nSPS) is 17.4. The predicted molar refractivity (Wildman–Crippen MR) is 89.4 cm³/mol. The van der Waals surface area contributed by atoms with Crippen molar-refractivity contribution in [2.75, 3.05) is 13.2 Å². The molecule has 0 aliphatic carbocycles. The van der Waals surface area contributed by atoms with Crippen LogP contribution in [-0.4, -0.2) is 34.9 Å². The molecule has 0 spiro atoms. The van der Waals surface area contributed by atoms with Crippen LogP contribution < -0.4 is 5.32 Å². The van der Waals surface area contributed by atoms with Crippen LogP contribution in [0.5, 0.6) is 0 Å². The molecular formula is C17H20ClN3O2. The lowest BCUT2D eigenvalue weighted by atomic mass is 10.1. The van der Waals surface area contributed by atoms with E-state index in [0.717, 1.165) is 30.8 Å². The van der Waals surface area contributed by atoms with Gasteiger partial charge in [-0.1, -0.05) is 17.7 Å². The van der Waals surface area contributed by atoms with Gasteiger partial charge in [-0.2, -0.15) is 5.10 Å². The number of nitrogens with zero attached hydrogens (tertiary/aromatic N) is 2. The minimum atomic E-state index is -0.108. The van der Waals surface area contributed by atoms with E-state index < -0.39 is 0 Å². The summed E-state index contributed by atoms with van der Waals surface area (Å²) < 4.78 is 7.29. The highest BCUT2D eigenvalue weighted by Gasteiger charge is 2.21. The number of rotatable bonds is 4. The van der Waals surface area contributed by atoms with Gasteiger partial charge in [0.25, 0.3) is 5.91 Å². The van der Waals surface area contributed by atoms with Crippen LogP contribution in [0.15, 0.2) is 24.3 Å². The predicted octanol–water partition coefficient (Wildman–Crippen LogP) is 3.05. The average Bonchev–Trinajstić information content (AvgIpc) is 3.13. The molecule has 1 fully saturated rings. The van der Waals surface area contributed by atoms with Crippen molar-refractivity contribution >= 4 is 17.5 Å². The van der Waals surface area contributed by atoms with E-state index in [1.807, 2.05) is 38.1 Å². The second kappa shape index (κ2) is 6.72. The summed E-state index contributed by atoms with van der Waals surface area (Å²) >= 11 is 6.04. The van der Waals surface area contributed by atoms with Crippen molar-refractivity contribution in [3.05, 3.63) is 46.2 Å². The maximum absolute atomic E-state index is 12.5. The van der Waals surface area contributed by atoms with Crippen LogP contribution in [0.2, 0.25) is 5.02 Å². The van der Waals surface area contributed by atoms with Crippen LogP contribution in [-0.2, 0) is 4.74 Å². The van der Waals surface area contributed by atoms with Crippen molar-refractivity contribution in [2.45, 2.75) is 32.8 Å². The molecule has 1 atom stereocenters. The van der Waals surface area contributed by atoms with Crippen LogP contribution in [0.25, 0.3) is 5.69 Å². The summed E-state index contributed by atoms with van der Waals surface area (Å²) in [5, 5.41) is 8.08. The summed E-state index contributed by atoms with van der Waals surface area (Å²) in [6.07, 6.45) is 2.19. The molecule has 1 amide bonds. The Morgan fingerprint density at radius 2 is 2.30 bits per heavy atom. The smallest absolute Gasteiger partial charge is 0.255 e. The minimum absolute atomic E-state index is 0.108. The quantitative estimate of drug-likeness (QED) is 0.935. The molecular weight excluding hydrogens is 314 g/mol. The Kier molecular flexibility index (Phi) is 4.68. The Balaban J connectivity index is 1.81. The van der Waals surface area contributed by atoms with Gasteiger partial charge in [-0.15, -0.1) is 0 Å². The van der Waals surface area contributed by atoms with Crippen molar-refractivity contribution in [1.29, 1.82) is 0 Å². The van der Waals surface area contributed by atoms with Crippen molar-refractivity contribution in [2.24, 2.45) is 0 Å². The zero-order valence-electron chi connectivity index (χ0n) is 13.3. The summed E-state index contributed by atoms with van der Waals surface area (Å²) in [5.74, 6) is -0.108. The fourth-order valence-electron chi connectivity index (χ4n) is 2.93. The van der Waals surface area contributed by atoms with Gasteiger partial charge in [0.05, 0.1) is 28.7 Å². The second-order valence-corrected chi connectivity index (χ2v) is 6.22. The summed E-state index contributed by atoms with van der Waals surface area (Å²) in [6.45, 7) is 5.06. The number of aromatic nitrogens is 2. The molecule has 122 valence electrons. The first-order valence-electron chi connectivity index (χ1n) is 7.78. The van der Waals surface area contributed by atoms with E-state index in [0.29, 0.717) is 22.8 Å². The van der Waals surface area contributed by atoms with Gasteiger partial charge in [-0.3, -0.25) is 4.79 Å². The Hall–Kier alpha value is -1.85. The average molecular weight is 334 g/mol. The highest BCUT2D eigenvalue weighted by atomic mass is 35.5. The lowest BCUT2D eigenvalue weighted by Gasteiger charge is -2.11. The molecule has 2 aromatic rings. The van der Waals surface area contributed by atoms with E-state index in [4.69, 9.17) is 16.3 Å². The fourth-order valence-corrected chi connectivity index (χ4v) is 3.12. The molecule has 1 aliphatic rings. The monoisotopic (exact) mass is 333 g/mol. The van der Waals surface area contributed by atoms with Gasteiger partial charge in [-0.05, 0) is 44.9 Å². The maximum Gasteiger partial charge on any atom is 0.255 e. The molecule has 2 heterocycles. The number of benzene rings is 1. The van der Waals surface area contributed by atoms with Gasteiger partial charge >= 0.3 is 0 Å². The third-order valence-corrected chi connectivity index (χ3v) is 4.32. The second-order valence-electron chi connectivity index (χ2n) is 5.78. The molecule has 23 heavy (non-hydrogen) atoms. The first-order valence-corrected chi connectivity index (χ1v) is 8.16. The molecule has 1 aromatic heterocycles. The summed E-state index contributed by atoms with van der Waals surface area (Å²) in [7, 11) is 0. The molecule has 3 rings (SSSR count). The lowest BCUT2D eigenvalue weighted by Crippen LogP contribution is -2.32. The van der Waals surface area contributed by atoms with E-state index in [9.17, 15) is 4.79 Å². The van der Waals surface area contributed by atoms with Crippen molar-refractivity contribution in [3.8, 4) is 5.69 Å². The first-order chi connectivity index (χ1) is 11.1. The third kappa shape index (κ3) is 3.41. The number of hydrogen-bond donors (Lipinski definition) is 1. The van der Waals surface area contributed by atoms with Gasteiger partial charge in [0.15, 0.2) is 0 Å². The fraction of sp³-hybridized carbons (Fsp3) is 0.412. The number of ether oxygens (including phenoxy) is 1.